The molecule has 6 N–H and O–H groups in total. The maximum atomic E-state index is 5.92. The van der Waals surface area contributed by atoms with E-state index in [2.05, 4.69) is 34.3 Å². The first kappa shape index (κ1) is 24.2. The molecule has 1 aromatic heterocycles. The van der Waals surface area contributed by atoms with Crippen LogP contribution in [-0.2, 0) is 0 Å². The number of fused-ring (bicyclic) bond motifs is 1. The first-order valence-electron chi connectivity index (χ1n) is 7.15. The molecular weight excluding hydrogens is 359 g/mol. The van der Waals surface area contributed by atoms with E-state index in [1.165, 1.54) is 0 Å². The van der Waals surface area contributed by atoms with Gasteiger partial charge < -0.3 is 21.7 Å². The van der Waals surface area contributed by atoms with Crippen molar-refractivity contribution < 1.29 is 0 Å². The molecule has 23 heavy (non-hydrogen) atoms. The maximum Gasteiger partial charge on any atom is 0.155 e. The minimum absolute atomic E-state index is 0. The largest absolute Gasteiger partial charge is 0.399 e. The van der Waals surface area contributed by atoms with E-state index in [0.717, 1.165) is 49.3 Å². The number of nitrogens with zero attached hydrogens (tertiary/aromatic N) is 2. The second-order valence-electron chi connectivity index (χ2n) is 4.91. The number of anilines is 3. The molecule has 0 spiro atoms. The van der Waals surface area contributed by atoms with E-state index >= 15 is 0 Å². The number of aromatic nitrogens is 2. The maximum absolute atomic E-state index is 5.92. The van der Waals surface area contributed by atoms with Crippen molar-refractivity contribution in [3.8, 4) is 0 Å². The summed E-state index contributed by atoms with van der Waals surface area (Å²) in [5, 5.41) is 11.5. The van der Waals surface area contributed by atoms with Crippen LogP contribution < -0.4 is 16.8 Å². The summed E-state index contributed by atoms with van der Waals surface area (Å²) in [6, 6.07) is 3.63. The normalized spacial score (nSPS) is 9.87. The van der Waals surface area contributed by atoms with E-state index in [9.17, 15) is 0 Å². The number of rotatable bonds is 7. The lowest BCUT2D eigenvalue weighted by Crippen LogP contribution is -2.25. The van der Waals surface area contributed by atoms with Crippen LogP contribution in [0.5, 0.6) is 0 Å². The van der Waals surface area contributed by atoms with Crippen molar-refractivity contribution in [3.05, 3.63) is 12.1 Å². The number of halogens is 3. The highest BCUT2D eigenvalue weighted by Crippen LogP contribution is 2.27. The van der Waals surface area contributed by atoms with E-state index in [0.29, 0.717) is 11.4 Å². The van der Waals surface area contributed by atoms with E-state index in [1.54, 1.807) is 6.07 Å². The lowest BCUT2D eigenvalue weighted by molar-refractivity contribution is 0.303. The topological polar surface area (TPSA) is 96.0 Å². The fraction of sp³-hybridized carbons (Fsp3) is 0.500. The third kappa shape index (κ3) is 6.14. The molecule has 1 heterocycles. The summed E-state index contributed by atoms with van der Waals surface area (Å²) >= 11 is 0. The Morgan fingerprint density at radius 2 is 1.78 bits per heavy atom. The molecule has 0 saturated heterocycles. The van der Waals surface area contributed by atoms with Gasteiger partial charge in [-0.05, 0) is 38.2 Å². The summed E-state index contributed by atoms with van der Waals surface area (Å²) in [6.45, 7) is 8.52. The third-order valence-electron chi connectivity index (χ3n) is 3.56. The Hall–Kier alpha value is -1.08. The fourth-order valence-electron chi connectivity index (χ4n) is 2.36. The zero-order chi connectivity index (χ0) is 14.5. The number of nitrogens with two attached hydrogens (primary N) is 2. The van der Waals surface area contributed by atoms with Crippen LogP contribution in [0.25, 0.3) is 10.9 Å². The van der Waals surface area contributed by atoms with Gasteiger partial charge in [0.05, 0.1) is 11.2 Å². The van der Waals surface area contributed by atoms with Gasteiger partial charge in [0.15, 0.2) is 5.82 Å². The van der Waals surface area contributed by atoms with Crippen LogP contribution in [0.15, 0.2) is 12.1 Å². The Kier molecular flexibility index (Phi) is 12.0. The molecule has 134 valence electrons. The standard InChI is InChI=1S/C14H24N6.3ClH/c1-3-20(4-2)7-5-6-17-14-11-8-10(15)9-12(16)13(11)18-19-14;;;/h8-9H,3-7,15-16H2,1-2H3,(H2,17,18,19);3*1H. The zero-order valence-corrected chi connectivity index (χ0v) is 15.9. The SMILES string of the molecule is CCN(CC)CCCNc1n[nH]c2c(N)cc(N)cc12.Cl.Cl.Cl. The summed E-state index contributed by atoms with van der Waals surface area (Å²) in [7, 11) is 0. The Bertz CT molecular complexity index is 571. The molecule has 0 saturated carbocycles. The molecule has 1 aromatic carbocycles. The molecule has 2 aromatic rings. The quantitative estimate of drug-likeness (QED) is 0.434. The molecule has 0 radical (unpaired) electrons. The zero-order valence-electron chi connectivity index (χ0n) is 13.5. The molecule has 9 heteroatoms. The Morgan fingerprint density at radius 3 is 2.39 bits per heavy atom. The number of nitrogen functional groups attached to an aromatic ring is 2. The first-order valence-corrected chi connectivity index (χ1v) is 7.15. The molecule has 0 aliphatic heterocycles. The van der Waals surface area contributed by atoms with Gasteiger partial charge in [-0.15, -0.1) is 37.2 Å². The average Bonchev–Trinajstić information content (AvgIpc) is 2.82. The predicted molar refractivity (Wildman–Crippen MR) is 108 cm³/mol. The second kappa shape index (κ2) is 11.5. The molecule has 6 nitrogen and oxygen atoms in total. The number of benzene rings is 1. The van der Waals surface area contributed by atoms with Crippen LogP contribution in [-0.4, -0.2) is 41.3 Å². The number of hydrogen-bond donors (Lipinski definition) is 4. The van der Waals surface area contributed by atoms with E-state index in [-0.39, 0.29) is 37.2 Å². The number of hydrogen-bond acceptors (Lipinski definition) is 5. The molecule has 0 atom stereocenters. The van der Waals surface area contributed by atoms with Crippen LogP contribution in [0.1, 0.15) is 20.3 Å². The summed E-state index contributed by atoms with van der Waals surface area (Å²) in [5.74, 6) is 0.818. The molecule has 0 bridgehead atoms. The van der Waals surface area contributed by atoms with Gasteiger partial charge in [-0.3, -0.25) is 5.10 Å². The molecule has 0 aliphatic carbocycles. The predicted octanol–water partition coefficient (Wildman–Crippen LogP) is 3.14. The van der Waals surface area contributed by atoms with Crippen molar-refractivity contribution in [3.63, 3.8) is 0 Å². The van der Waals surface area contributed by atoms with E-state index in [1.807, 2.05) is 6.07 Å². The second-order valence-corrected chi connectivity index (χ2v) is 4.91. The van der Waals surface area contributed by atoms with Gasteiger partial charge in [-0.1, -0.05) is 13.8 Å². The third-order valence-corrected chi connectivity index (χ3v) is 3.56. The Morgan fingerprint density at radius 1 is 1.13 bits per heavy atom. The summed E-state index contributed by atoms with van der Waals surface area (Å²) in [6.07, 6.45) is 1.08. The lowest BCUT2D eigenvalue weighted by Gasteiger charge is -2.17. The van der Waals surface area contributed by atoms with E-state index in [4.69, 9.17) is 11.5 Å². The molecule has 0 fully saturated rings. The molecule has 0 unspecified atom stereocenters. The minimum Gasteiger partial charge on any atom is -0.399 e. The first-order chi connectivity index (χ1) is 9.65. The van der Waals surface area contributed by atoms with Gasteiger partial charge in [0.25, 0.3) is 0 Å². The average molecular weight is 386 g/mol. The monoisotopic (exact) mass is 384 g/mol. The highest BCUT2D eigenvalue weighted by Gasteiger charge is 2.08. The Labute approximate surface area is 156 Å². The van der Waals surface area contributed by atoms with Crippen molar-refractivity contribution in [2.24, 2.45) is 0 Å². The van der Waals surface area contributed by atoms with Crippen LogP contribution in [0.3, 0.4) is 0 Å². The highest BCUT2D eigenvalue weighted by atomic mass is 35.5. The van der Waals surface area contributed by atoms with Crippen molar-refractivity contribution in [1.82, 2.24) is 15.1 Å². The summed E-state index contributed by atoms with van der Waals surface area (Å²) in [5.41, 5.74) is 13.9. The van der Waals surface area contributed by atoms with E-state index < -0.39 is 0 Å². The molecule has 0 aliphatic rings. The number of nitrogens with one attached hydrogen (secondary N) is 2. The highest BCUT2D eigenvalue weighted by molar-refractivity contribution is 5.99. The number of H-pyrrole nitrogens is 1. The van der Waals surface area contributed by atoms with Gasteiger partial charge in [-0.25, -0.2) is 0 Å². The summed E-state index contributed by atoms with van der Waals surface area (Å²) < 4.78 is 0. The number of aromatic amines is 1. The van der Waals surface area contributed by atoms with Gasteiger partial charge in [0.1, 0.15) is 0 Å². The van der Waals surface area contributed by atoms with Gasteiger partial charge in [0, 0.05) is 17.6 Å². The van der Waals surface area contributed by atoms with Crippen molar-refractivity contribution in [1.29, 1.82) is 0 Å². The van der Waals surface area contributed by atoms with Crippen LogP contribution in [0.2, 0.25) is 0 Å². The Balaban J connectivity index is 0. The molecule has 2 rings (SSSR count). The van der Waals surface area contributed by atoms with Crippen LogP contribution >= 0.6 is 37.2 Å². The molecule has 0 amide bonds. The van der Waals surface area contributed by atoms with Gasteiger partial charge in [-0.2, -0.15) is 5.10 Å². The van der Waals surface area contributed by atoms with Crippen LogP contribution in [0.4, 0.5) is 17.2 Å². The van der Waals surface area contributed by atoms with Crippen molar-refractivity contribution in [2.75, 3.05) is 43.0 Å². The minimum atomic E-state index is 0. The smallest absolute Gasteiger partial charge is 0.155 e. The molecular formula is C14H27Cl3N6. The van der Waals surface area contributed by atoms with Gasteiger partial charge in [0.2, 0.25) is 0 Å². The lowest BCUT2D eigenvalue weighted by atomic mass is 10.2. The van der Waals surface area contributed by atoms with Crippen LogP contribution in [0, 0.1) is 0 Å². The van der Waals surface area contributed by atoms with Crippen molar-refractivity contribution >= 4 is 65.3 Å². The van der Waals surface area contributed by atoms with Gasteiger partial charge >= 0.3 is 0 Å². The summed E-state index contributed by atoms with van der Waals surface area (Å²) in [4.78, 5) is 2.40. The van der Waals surface area contributed by atoms with Crippen molar-refractivity contribution in [2.45, 2.75) is 20.3 Å². The fourth-order valence-corrected chi connectivity index (χ4v) is 2.36.